The Labute approximate surface area is 104 Å². The van der Waals surface area contributed by atoms with Gasteiger partial charge in [-0.15, -0.1) is 11.6 Å². The van der Waals surface area contributed by atoms with E-state index >= 15 is 0 Å². The molecule has 1 fully saturated rings. The molecule has 1 aliphatic rings. The van der Waals surface area contributed by atoms with Gasteiger partial charge in [-0.3, -0.25) is 9.78 Å². The smallest absolute Gasteiger partial charge is 0.252 e. The molecule has 3 nitrogen and oxygen atoms in total. The molecule has 1 saturated carbocycles. The molecule has 1 aromatic rings. The Bertz CT molecular complexity index is 413. The van der Waals surface area contributed by atoms with Crippen LogP contribution in [0.2, 0.25) is 0 Å². The third-order valence-electron chi connectivity index (χ3n) is 3.06. The van der Waals surface area contributed by atoms with Crippen LogP contribution >= 0.6 is 11.6 Å². The average Bonchev–Trinajstić information content (AvgIpc) is 2.72. The van der Waals surface area contributed by atoms with Gasteiger partial charge in [0.2, 0.25) is 0 Å². The summed E-state index contributed by atoms with van der Waals surface area (Å²) in [6.45, 7) is 0.545. The number of carbonyl (C=O) groups is 1. The van der Waals surface area contributed by atoms with Crippen molar-refractivity contribution < 1.29 is 9.18 Å². The number of nitrogens with zero attached hydrogens (tertiary/aromatic N) is 1. The minimum Gasteiger partial charge on any atom is -0.352 e. The zero-order chi connectivity index (χ0) is 12.3. The fourth-order valence-electron chi connectivity index (χ4n) is 2.08. The van der Waals surface area contributed by atoms with Gasteiger partial charge in [0.05, 0.1) is 11.8 Å². The molecule has 92 valence electrons. The van der Waals surface area contributed by atoms with Crippen molar-refractivity contribution >= 4 is 17.5 Å². The van der Waals surface area contributed by atoms with Gasteiger partial charge in [-0.2, -0.15) is 0 Å². The molecule has 2 rings (SSSR count). The topological polar surface area (TPSA) is 42.0 Å². The van der Waals surface area contributed by atoms with Crippen LogP contribution in [-0.4, -0.2) is 22.8 Å². The number of aromatic nitrogens is 1. The Hall–Kier alpha value is -1.16. The molecule has 17 heavy (non-hydrogen) atoms. The zero-order valence-electron chi connectivity index (χ0n) is 9.33. The molecule has 0 bridgehead atoms. The normalized spacial score (nSPS) is 23.6. The minimum atomic E-state index is -0.506. The van der Waals surface area contributed by atoms with E-state index in [4.69, 9.17) is 11.6 Å². The lowest BCUT2D eigenvalue weighted by molar-refractivity contribution is 0.0947. The van der Waals surface area contributed by atoms with Crippen molar-refractivity contribution in [1.82, 2.24) is 10.3 Å². The maximum Gasteiger partial charge on any atom is 0.252 e. The summed E-state index contributed by atoms with van der Waals surface area (Å²) in [7, 11) is 0. The third-order valence-corrected chi connectivity index (χ3v) is 3.63. The van der Waals surface area contributed by atoms with Crippen molar-refractivity contribution in [3.8, 4) is 0 Å². The van der Waals surface area contributed by atoms with E-state index in [1.54, 1.807) is 0 Å². The standard InChI is InChI=1S/C12H14ClFN2O/c13-11-3-1-2-8(11)6-16-12(17)9-4-10(14)7-15-5-9/h4-5,7-8,11H,1-3,6H2,(H,16,17). The van der Waals surface area contributed by atoms with Crippen LogP contribution in [0.5, 0.6) is 0 Å². The first-order chi connectivity index (χ1) is 8.16. The van der Waals surface area contributed by atoms with Gasteiger partial charge in [0, 0.05) is 18.1 Å². The van der Waals surface area contributed by atoms with E-state index in [-0.39, 0.29) is 16.8 Å². The zero-order valence-corrected chi connectivity index (χ0v) is 10.1. The van der Waals surface area contributed by atoms with Crippen molar-refractivity contribution in [3.63, 3.8) is 0 Å². The summed E-state index contributed by atoms with van der Waals surface area (Å²) in [6, 6.07) is 1.18. The molecule has 0 aliphatic heterocycles. The van der Waals surface area contributed by atoms with Crippen molar-refractivity contribution in [2.45, 2.75) is 24.6 Å². The largest absolute Gasteiger partial charge is 0.352 e. The van der Waals surface area contributed by atoms with Gasteiger partial charge in [0.15, 0.2) is 0 Å². The molecular weight excluding hydrogens is 243 g/mol. The maximum absolute atomic E-state index is 12.9. The molecule has 1 aliphatic carbocycles. The van der Waals surface area contributed by atoms with Crippen LogP contribution in [0, 0.1) is 11.7 Å². The van der Waals surface area contributed by atoms with E-state index in [9.17, 15) is 9.18 Å². The number of rotatable bonds is 3. The lowest BCUT2D eigenvalue weighted by atomic mass is 10.1. The van der Waals surface area contributed by atoms with Gasteiger partial charge >= 0.3 is 0 Å². The Morgan fingerprint density at radius 2 is 2.35 bits per heavy atom. The summed E-state index contributed by atoms with van der Waals surface area (Å²) in [4.78, 5) is 15.3. The van der Waals surface area contributed by atoms with Crippen molar-refractivity contribution in [2.24, 2.45) is 5.92 Å². The highest BCUT2D eigenvalue weighted by Crippen LogP contribution is 2.29. The first-order valence-electron chi connectivity index (χ1n) is 5.69. The SMILES string of the molecule is O=C(NCC1CCCC1Cl)c1cncc(F)c1. The summed E-state index contributed by atoms with van der Waals surface area (Å²) < 4.78 is 12.9. The second-order valence-electron chi connectivity index (χ2n) is 4.31. The second-order valence-corrected chi connectivity index (χ2v) is 4.87. The highest BCUT2D eigenvalue weighted by molar-refractivity contribution is 6.21. The summed E-state index contributed by atoms with van der Waals surface area (Å²) in [6.07, 6.45) is 5.57. The number of nitrogens with one attached hydrogen (secondary N) is 1. The average molecular weight is 257 g/mol. The number of carbonyl (C=O) groups excluding carboxylic acids is 1. The van der Waals surface area contributed by atoms with Gasteiger partial charge in [-0.1, -0.05) is 6.42 Å². The molecule has 0 saturated heterocycles. The maximum atomic E-state index is 12.9. The molecule has 0 spiro atoms. The molecule has 2 unspecified atom stereocenters. The molecule has 1 amide bonds. The number of alkyl halides is 1. The highest BCUT2D eigenvalue weighted by Gasteiger charge is 2.25. The lowest BCUT2D eigenvalue weighted by Gasteiger charge is -2.14. The Morgan fingerprint density at radius 3 is 3.00 bits per heavy atom. The summed E-state index contributed by atoms with van der Waals surface area (Å²) in [5, 5.41) is 2.91. The Balaban J connectivity index is 1.89. The number of halogens is 2. The summed E-state index contributed by atoms with van der Waals surface area (Å²) >= 11 is 6.11. The van der Waals surface area contributed by atoms with Gasteiger partial charge in [-0.05, 0) is 24.8 Å². The first-order valence-corrected chi connectivity index (χ1v) is 6.13. The van der Waals surface area contributed by atoms with Crippen molar-refractivity contribution in [2.75, 3.05) is 6.54 Å². The molecule has 0 aromatic carbocycles. The van der Waals surface area contributed by atoms with Crippen LogP contribution in [0.15, 0.2) is 18.5 Å². The predicted octanol–water partition coefficient (Wildman–Crippen LogP) is 2.36. The fourth-order valence-corrected chi connectivity index (χ4v) is 2.45. The van der Waals surface area contributed by atoms with Crippen molar-refractivity contribution in [1.29, 1.82) is 0 Å². The van der Waals surface area contributed by atoms with E-state index in [0.29, 0.717) is 12.5 Å². The number of hydrogen-bond acceptors (Lipinski definition) is 2. The number of amides is 1. The Morgan fingerprint density at radius 1 is 1.53 bits per heavy atom. The monoisotopic (exact) mass is 256 g/mol. The molecule has 1 heterocycles. The van der Waals surface area contributed by atoms with Gasteiger partial charge < -0.3 is 5.32 Å². The fraction of sp³-hybridized carbons (Fsp3) is 0.500. The van der Waals surface area contributed by atoms with Crippen LogP contribution in [-0.2, 0) is 0 Å². The summed E-state index contributed by atoms with van der Waals surface area (Å²) in [5.74, 6) is -0.483. The van der Waals surface area contributed by atoms with Gasteiger partial charge in [0.25, 0.3) is 5.91 Å². The van der Waals surface area contributed by atoms with Crippen LogP contribution in [0.25, 0.3) is 0 Å². The van der Waals surface area contributed by atoms with E-state index in [1.807, 2.05) is 0 Å². The van der Waals surface area contributed by atoms with E-state index < -0.39 is 5.82 Å². The van der Waals surface area contributed by atoms with Crippen LogP contribution in [0.3, 0.4) is 0 Å². The van der Waals surface area contributed by atoms with E-state index in [0.717, 1.165) is 25.5 Å². The van der Waals surface area contributed by atoms with E-state index in [1.165, 1.54) is 12.3 Å². The molecule has 5 heteroatoms. The predicted molar refractivity (Wildman–Crippen MR) is 63.5 cm³/mol. The van der Waals surface area contributed by atoms with Crippen LogP contribution < -0.4 is 5.32 Å². The van der Waals surface area contributed by atoms with E-state index in [2.05, 4.69) is 10.3 Å². The summed E-state index contributed by atoms with van der Waals surface area (Å²) in [5.41, 5.74) is 0.245. The molecule has 2 atom stereocenters. The van der Waals surface area contributed by atoms with Crippen LogP contribution in [0.1, 0.15) is 29.6 Å². The molecule has 0 radical (unpaired) electrons. The molecular formula is C12H14ClFN2O. The Kier molecular flexibility index (Phi) is 3.94. The molecule has 1 aromatic heterocycles. The highest BCUT2D eigenvalue weighted by atomic mass is 35.5. The minimum absolute atomic E-state index is 0.140. The molecule has 1 N–H and O–H groups in total. The number of pyridine rings is 1. The third kappa shape index (κ3) is 3.16. The van der Waals surface area contributed by atoms with Gasteiger partial charge in [0.1, 0.15) is 5.82 Å². The first kappa shape index (κ1) is 12.3. The van der Waals surface area contributed by atoms with Crippen LogP contribution in [0.4, 0.5) is 4.39 Å². The number of hydrogen-bond donors (Lipinski definition) is 1. The van der Waals surface area contributed by atoms with Gasteiger partial charge in [-0.25, -0.2) is 4.39 Å². The lowest BCUT2D eigenvalue weighted by Crippen LogP contribution is -2.31. The quantitative estimate of drug-likeness (QED) is 0.844. The second kappa shape index (κ2) is 5.45. The van der Waals surface area contributed by atoms with Crippen molar-refractivity contribution in [3.05, 3.63) is 29.8 Å².